The Kier molecular flexibility index (Phi) is 6.76. The topological polar surface area (TPSA) is 105 Å². The van der Waals surface area contributed by atoms with Gasteiger partial charge in [0, 0.05) is 6.54 Å². The lowest BCUT2D eigenvalue weighted by Crippen LogP contribution is -2.43. The number of benzene rings is 2. The van der Waals surface area contributed by atoms with Gasteiger partial charge in [-0.2, -0.15) is 0 Å². The second-order valence-corrected chi connectivity index (χ2v) is 8.79. The first-order chi connectivity index (χ1) is 12.3. The molecular weight excluding hydrogens is 374 g/mol. The summed E-state index contributed by atoms with van der Waals surface area (Å²) in [6.07, 6.45) is 1.54. The Morgan fingerprint density at radius 1 is 0.808 bits per heavy atom. The van der Waals surface area contributed by atoms with Crippen LogP contribution in [0.15, 0.2) is 75.4 Å². The summed E-state index contributed by atoms with van der Waals surface area (Å²) in [5, 5.41) is 0. The highest BCUT2D eigenvalue weighted by molar-refractivity contribution is 7.91. The zero-order valence-electron chi connectivity index (χ0n) is 14.3. The van der Waals surface area contributed by atoms with Crippen molar-refractivity contribution in [2.24, 2.45) is 4.99 Å². The van der Waals surface area contributed by atoms with Crippen LogP contribution in [-0.2, 0) is 20.0 Å². The molecule has 2 aromatic rings. The molecular formula is C17H21N3O4S2. The van der Waals surface area contributed by atoms with Crippen LogP contribution in [0.3, 0.4) is 0 Å². The van der Waals surface area contributed by atoms with Crippen molar-refractivity contribution in [3.05, 3.63) is 60.7 Å². The van der Waals surface area contributed by atoms with E-state index in [2.05, 4.69) is 14.4 Å². The standard InChI is InChI=1S/C17H21N3O4S2/c1-2-3-14-18-17(19-25(21,22)15-10-6-4-7-11-15)20-26(23,24)16-12-8-5-9-13-16/h4-13H,2-3,14H2,1H3,(H2,18,19,20). The Morgan fingerprint density at radius 2 is 1.23 bits per heavy atom. The number of rotatable bonds is 7. The average Bonchev–Trinajstić information content (AvgIpc) is 2.63. The van der Waals surface area contributed by atoms with E-state index in [1.807, 2.05) is 6.92 Å². The predicted molar refractivity (Wildman–Crippen MR) is 101 cm³/mol. The first-order valence-corrected chi connectivity index (χ1v) is 11.0. The number of sulfonamides is 2. The number of aliphatic imine (C=N–C) groups is 1. The van der Waals surface area contributed by atoms with E-state index >= 15 is 0 Å². The van der Waals surface area contributed by atoms with Gasteiger partial charge in [-0.25, -0.2) is 26.3 Å². The fourth-order valence-corrected chi connectivity index (χ4v) is 4.08. The van der Waals surface area contributed by atoms with E-state index in [0.717, 1.165) is 6.42 Å². The van der Waals surface area contributed by atoms with Crippen molar-refractivity contribution in [3.63, 3.8) is 0 Å². The van der Waals surface area contributed by atoms with Gasteiger partial charge in [0.15, 0.2) is 0 Å². The summed E-state index contributed by atoms with van der Waals surface area (Å²) in [5.74, 6) is -0.328. The van der Waals surface area contributed by atoms with Crippen LogP contribution in [0.4, 0.5) is 0 Å². The van der Waals surface area contributed by atoms with E-state index in [1.165, 1.54) is 24.3 Å². The van der Waals surface area contributed by atoms with E-state index in [0.29, 0.717) is 13.0 Å². The number of nitrogens with zero attached hydrogens (tertiary/aromatic N) is 1. The molecule has 140 valence electrons. The summed E-state index contributed by atoms with van der Waals surface area (Å²) in [5.41, 5.74) is 0. The van der Waals surface area contributed by atoms with Crippen molar-refractivity contribution in [2.45, 2.75) is 29.6 Å². The number of nitrogens with one attached hydrogen (secondary N) is 2. The zero-order chi connectivity index (χ0) is 19.0. The Hall–Kier alpha value is -2.39. The minimum absolute atomic E-state index is 0.0158. The largest absolute Gasteiger partial charge is 0.264 e. The monoisotopic (exact) mass is 395 g/mol. The average molecular weight is 396 g/mol. The third-order valence-electron chi connectivity index (χ3n) is 3.35. The minimum atomic E-state index is -3.96. The van der Waals surface area contributed by atoms with Crippen molar-refractivity contribution < 1.29 is 16.8 Å². The van der Waals surface area contributed by atoms with Crippen LogP contribution in [0.2, 0.25) is 0 Å². The number of hydrogen-bond acceptors (Lipinski definition) is 5. The van der Waals surface area contributed by atoms with Gasteiger partial charge >= 0.3 is 0 Å². The Labute approximate surface area is 154 Å². The highest BCUT2D eigenvalue weighted by Crippen LogP contribution is 2.09. The Balaban J connectivity index is 2.28. The van der Waals surface area contributed by atoms with Crippen molar-refractivity contribution in [3.8, 4) is 0 Å². The van der Waals surface area contributed by atoms with Crippen LogP contribution >= 0.6 is 0 Å². The molecule has 0 amide bonds. The zero-order valence-corrected chi connectivity index (χ0v) is 15.9. The number of guanidine groups is 1. The molecule has 26 heavy (non-hydrogen) atoms. The molecule has 0 spiro atoms. The van der Waals surface area contributed by atoms with E-state index in [-0.39, 0.29) is 15.8 Å². The second-order valence-electron chi connectivity index (χ2n) is 5.42. The summed E-state index contributed by atoms with van der Waals surface area (Å²) in [7, 11) is -7.92. The molecule has 0 heterocycles. The van der Waals surface area contributed by atoms with Crippen LogP contribution in [0.5, 0.6) is 0 Å². The van der Waals surface area contributed by atoms with E-state index < -0.39 is 20.0 Å². The highest BCUT2D eigenvalue weighted by atomic mass is 32.2. The summed E-state index contributed by atoms with van der Waals surface area (Å²) in [4.78, 5) is 4.10. The second kappa shape index (κ2) is 8.81. The van der Waals surface area contributed by atoms with Gasteiger partial charge in [-0.15, -0.1) is 0 Å². The molecule has 7 nitrogen and oxygen atoms in total. The van der Waals surface area contributed by atoms with E-state index in [4.69, 9.17) is 0 Å². The lowest BCUT2D eigenvalue weighted by atomic mass is 10.3. The highest BCUT2D eigenvalue weighted by Gasteiger charge is 2.21. The molecule has 2 N–H and O–H groups in total. The Bertz CT molecular complexity index is 869. The van der Waals surface area contributed by atoms with Gasteiger partial charge in [0.05, 0.1) is 9.79 Å². The maximum atomic E-state index is 12.5. The lowest BCUT2D eigenvalue weighted by molar-refractivity contribution is 0.589. The van der Waals surface area contributed by atoms with Crippen LogP contribution in [0.1, 0.15) is 19.8 Å². The normalized spacial score (nSPS) is 11.6. The van der Waals surface area contributed by atoms with Crippen molar-refractivity contribution in [1.29, 1.82) is 0 Å². The van der Waals surface area contributed by atoms with Crippen LogP contribution in [0.25, 0.3) is 0 Å². The molecule has 0 fully saturated rings. The van der Waals surface area contributed by atoms with Gasteiger partial charge in [-0.1, -0.05) is 49.7 Å². The van der Waals surface area contributed by atoms with E-state index in [9.17, 15) is 16.8 Å². The van der Waals surface area contributed by atoms with Gasteiger partial charge in [-0.3, -0.25) is 4.99 Å². The number of unbranched alkanes of at least 4 members (excludes halogenated alkanes) is 1. The molecule has 0 bridgehead atoms. The van der Waals surface area contributed by atoms with E-state index in [1.54, 1.807) is 36.4 Å². The first kappa shape index (κ1) is 19.9. The molecule has 0 aromatic heterocycles. The van der Waals surface area contributed by atoms with Gasteiger partial charge < -0.3 is 0 Å². The molecule has 0 aliphatic carbocycles. The summed E-state index contributed by atoms with van der Waals surface area (Å²) in [6.45, 7) is 2.25. The summed E-state index contributed by atoms with van der Waals surface area (Å²) in [6, 6.07) is 15.4. The minimum Gasteiger partial charge on any atom is -0.252 e. The third kappa shape index (κ3) is 5.57. The molecule has 2 rings (SSSR count). The SMILES string of the molecule is CCCCN=C(NS(=O)(=O)c1ccccc1)NS(=O)(=O)c1ccccc1. The molecule has 0 saturated carbocycles. The van der Waals surface area contributed by atoms with Crippen molar-refractivity contribution in [2.75, 3.05) is 6.54 Å². The van der Waals surface area contributed by atoms with Crippen LogP contribution in [-0.4, -0.2) is 29.3 Å². The number of hydrogen-bond donors (Lipinski definition) is 2. The molecule has 0 aliphatic heterocycles. The molecule has 9 heteroatoms. The summed E-state index contributed by atoms with van der Waals surface area (Å²) >= 11 is 0. The maximum absolute atomic E-state index is 12.5. The quantitative estimate of drug-likeness (QED) is 0.425. The third-order valence-corrected chi connectivity index (χ3v) is 6.06. The van der Waals surface area contributed by atoms with Crippen molar-refractivity contribution >= 4 is 26.0 Å². The fourth-order valence-electron chi connectivity index (χ4n) is 2.01. The lowest BCUT2D eigenvalue weighted by Gasteiger charge is -2.13. The van der Waals surface area contributed by atoms with Crippen LogP contribution < -0.4 is 9.44 Å². The van der Waals surface area contributed by atoms with Crippen molar-refractivity contribution in [1.82, 2.24) is 9.44 Å². The predicted octanol–water partition coefficient (Wildman–Crippen LogP) is 2.10. The first-order valence-electron chi connectivity index (χ1n) is 8.05. The molecule has 0 saturated heterocycles. The molecule has 0 aliphatic rings. The molecule has 2 aromatic carbocycles. The van der Waals surface area contributed by atoms with Crippen LogP contribution in [0, 0.1) is 0 Å². The maximum Gasteiger partial charge on any atom is 0.264 e. The molecule has 0 atom stereocenters. The van der Waals surface area contributed by atoms with Gasteiger partial charge in [0.25, 0.3) is 20.0 Å². The fraction of sp³-hybridized carbons (Fsp3) is 0.235. The van der Waals surface area contributed by atoms with Gasteiger partial charge in [0.2, 0.25) is 5.96 Å². The molecule has 0 unspecified atom stereocenters. The van der Waals surface area contributed by atoms with Gasteiger partial charge in [-0.05, 0) is 30.7 Å². The summed E-state index contributed by atoms with van der Waals surface area (Å²) < 4.78 is 54.3. The smallest absolute Gasteiger partial charge is 0.252 e. The van der Waals surface area contributed by atoms with Gasteiger partial charge in [0.1, 0.15) is 0 Å². The molecule has 0 radical (unpaired) electrons. The Morgan fingerprint density at radius 3 is 1.62 bits per heavy atom.